The summed E-state index contributed by atoms with van der Waals surface area (Å²) < 4.78 is 0. The zero-order chi connectivity index (χ0) is 45.7. The average molecular weight is 853 g/mol. The molecule has 11 rings (SSSR count). The van der Waals surface area contributed by atoms with Crippen LogP contribution in [0.1, 0.15) is 80.5 Å². The molecular formula is C62H52N4. The van der Waals surface area contributed by atoms with Gasteiger partial charge >= 0.3 is 0 Å². The van der Waals surface area contributed by atoms with E-state index in [2.05, 4.69) is 157 Å². The third-order valence-electron chi connectivity index (χ3n) is 13.4. The van der Waals surface area contributed by atoms with Crippen molar-refractivity contribution in [3.8, 4) is 56.4 Å². The highest BCUT2D eigenvalue weighted by atomic mass is 15.0. The van der Waals surface area contributed by atoms with Crippen LogP contribution in [0.5, 0.6) is 0 Å². The number of hydrogen-bond acceptors (Lipinski definition) is 4. The highest BCUT2D eigenvalue weighted by Crippen LogP contribution is 2.60. The van der Waals surface area contributed by atoms with E-state index in [-0.39, 0.29) is 10.8 Å². The molecule has 1 aromatic heterocycles. The predicted octanol–water partition coefficient (Wildman–Crippen LogP) is 15.8. The summed E-state index contributed by atoms with van der Waals surface area (Å²) in [7, 11) is 0. The maximum atomic E-state index is 5.08. The van der Waals surface area contributed by atoms with Crippen molar-refractivity contribution >= 4 is 27.8 Å². The molecule has 66 heavy (non-hydrogen) atoms. The second-order valence-electron chi connectivity index (χ2n) is 18.5. The van der Waals surface area contributed by atoms with Gasteiger partial charge < -0.3 is 0 Å². The van der Waals surface area contributed by atoms with Crippen LogP contribution in [0.2, 0.25) is 0 Å². The lowest BCUT2D eigenvalue weighted by Gasteiger charge is -2.31. The maximum absolute atomic E-state index is 5.08. The SMILES string of the molecule is C=C(C)c1ccccc1.C=C(N=C(C)c1cc2c(c3ccccc13)-c1ccc3c(c1C2(C)C)C(C)(C)c1cc(-c2nc(-c4ccccc4)nc(-c4ccccc4)n2)ccc1-3)c1ccccc1. The maximum Gasteiger partial charge on any atom is 0.164 e. The lowest BCUT2D eigenvalue weighted by molar-refractivity contribution is 0.601. The average Bonchev–Trinajstić information content (AvgIpc) is 3.73. The summed E-state index contributed by atoms with van der Waals surface area (Å²) in [5.41, 5.74) is 19.2. The van der Waals surface area contributed by atoms with Gasteiger partial charge in [-0.25, -0.2) is 15.0 Å². The Hall–Kier alpha value is -7.82. The first-order valence-corrected chi connectivity index (χ1v) is 22.7. The Kier molecular flexibility index (Phi) is 10.6. The molecule has 9 aromatic rings. The molecule has 0 saturated heterocycles. The van der Waals surface area contributed by atoms with Crippen molar-refractivity contribution < 1.29 is 0 Å². The van der Waals surface area contributed by atoms with Crippen molar-refractivity contribution in [2.24, 2.45) is 4.99 Å². The molecule has 8 aromatic carbocycles. The second-order valence-corrected chi connectivity index (χ2v) is 18.5. The summed E-state index contributed by atoms with van der Waals surface area (Å²) in [5, 5.41) is 2.46. The highest BCUT2D eigenvalue weighted by molar-refractivity contribution is 6.16. The molecule has 0 saturated carbocycles. The van der Waals surface area contributed by atoms with E-state index in [1.807, 2.05) is 79.7 Å². The number of rotatable bonds is 7. The van der Waals surface area contributed by atoms with E-state index in [1.165, 1.54) is 60.8 Å². The van der Waals surface area contributed by atoms with Gasteiger partial charge in [-0.1, -0.05) is 216 Å². The molecule has 0 spiro atoms. The minimum atomic E-state index is -0.285. The topological polar surface area (TPSA) is 51.0 Å². The van der Waals surface area contributed by atoms with Crippen LogP contribution in [-0.2, 0) is 10.8 Å². The van der Waals surface area contributed by atoms with Crippen molar-refractivity contribution in [1.82, 2.24) is 15.0 Å². The van der Waals surface area contributed by atoms with E-state index in [0.717, 1.165) is 44.8 Å². The molecule has 0 radical (unpaired) electrons. The molecule has 2 aliphatic rings. The van der Waals surface area contributed by atoms with E-state index in [4.69, 9.17) is 19.9 Å². The van der Waals surface area contributed by atoms with Crippen molar-refractivity contribution in [2.45, 2.75) is 52.4 Å². The Labute approximate surface area is 388 Å². The molecule has 0 amide bonds. The lowest BCUT2D eigenvalue weighted by Crippen LogP contribution is -2.24. The van der Waals surface area contributed by atoms with Crippen LogP contribution >= 0.6 is 0 Å². The molecule has 0 unspecified atom stereocenters. The van der Waals surface area contributed by atoms with Crippen molar-refractivity contribution in [1.29, 1.82) is 0 Å². The molecule has 4 heteroatoms. The number of fused-ring (bicyclic) bond motifs is 9. The molecule has 0 fully saturated rings. The van der Waals surface area contributed by atoms with Crippen LogP contribution in [0.25, 0.3) is 78.5 Å². The zero-order valence-corrected chi connectivity index (χ0v) is 38.5. The van der Waals surface area contributed by atoms with Gasteiger partial charge in [0, 0.05) is 38.8 Å². The summed E-state index contributed by atoms with van der Waals surface area (Å²) in [6.45, 7) is 21.9. The first-order chi connectivity index (χ1) is 31.9. The number of hydrogen-bond donors (Lipinski definition) is 0. The quantitative estimate of drug-likeness (QED) is 0.150. The third-order valence-corrected chi connectivity index (χ3v) is 13.4. The number of aromatic nitrogens is 3. The summed E-state index contributed by atoms with van der Waals surface area (Å²) in [4.78, 5) is 20.2. The molecular weight excluding hydrogens is 801 g/mol. The fraction of sp³-hybridized carbons (Fsp3) is 0.129. The Morgan fingerprint density at radius 3 is 1.45 bits per heavy atom. The van der Waals surface area contributed by atoms with E-state index in [1.54, 1.807) is 0 Å². The van der Waals surface area contributed by atoms with Crippen LogP contribution in [0, 0.1) is 0 Å². The second kappa shape index (κ2) is 16.6. The van der Waals surface area contributed by atoms with Gasteiger partial charge in [0.25, 0.3) is 0 Å². The number of benzene rings is 8. The molecule has 2 aliphatic carbocycles. The normalized spacial score (nSPS) is 13.8. The smallest absolute Gasteiger partial charge is 0.164 e. The molecule has 320 valence electrons. The van der Waals surface area contributed by atoms with Gasteiger partial charge in [0.15, 0.2) is 17.5 Å². The highest BCUT2D eigenvalue weighted by Gasteiger charge is 2.46. The minimum Gasteiger partial charge on any atom is -0.253 e. The first kappa shape index (κ1) is 42.1. The minimum absolute atomic E-state index is 0.267. The molecule has 1 heterocycles. The lowest BCUT2D eigenvalue weighted by atomic mass is 9.72. The largest absolute Gasteiger partial charge is 0.253 e. The standard InChI is InChI=1S/C53H42N4.C9H10/c1-32(34-18-10-7-11-19-34)54-33(2)43-31-45-46(40-25-17-16-24-38(40)43)42-29-28-41-39-27-26-37(30-44(39)52(3,4)47(41)48(42)53(45,5)6)51-56-49(35-20-12-8-13-21-35)55-50(57-51)36-22-14-9-15-23-36;1-8(2)9-6-4-3-5-7-9/h7-31H,1H2,2-6H3;3-7H,1H2,2H3. The molecule has 4 nitrogen and oxygen atoms in total. The van der Waals surface area contributed by atoms with Gasteiger partial charge in [-0.2, -0.15) is 0 Å². The zero-order valence-electron chi connectivity index (χ0n) is 38.5. The van der Waals surface area contributed by atoms with Crippen LogP contribution in [0.3, 0.4) is 0 Å². The van der Waals surface area contributed by atoms with Crippen LogP contribution in [0.4, 0.5) is 0 Å². The van der Waals surface area contributed by atoms with Gasteiger partial charge in [-0.3, -0.25) is 4.99 Å². The molecule has 0 atom stereocenters. The Bertz CT molecular complexity index is 3320. The Balaban J connectivity index is 0.000000511. The third kappa shape index (κ3) is 7.29. The van der Waals surface area contributed by atoms with E-state index >= 15 is 0 Å². The van der Waals surface area contributed by atoms with Crippen LogP contribution in [0.15, 0.2) is 200 Å². The van der Waals surface area contributed by atoms with Gasteiger partial charge in [0.1, 0.15) is 0 Å². The summed E-state index contributed by atoms with van der Waals surface area (Å²) in [5.74, 6) is 1.99. The monoisotopic (exact) mass is 852 g/mol. The van der Waals surface area contributed by atoms with Crippen molar-refractivity contribution in [3.05, 3.63) is 234 Å². The summed E-state index contributed by atoms with van der Waals surface area (Å²) in [6.07, 6.45) is 0. The summed E-state index contributed by atoms with van der Waals surface area (Å²) >= 11 is 0. The van der Waals surface area contributed by atoms with E-state index in [9.17, 15) is 0 Å². The van der Waals surface area contributed by atoms with Crippen LogP contribution in [-0.4, -0.2) is 20.7 Å². The molecule has 0 N–H and O–H groups in total. The number of nitrogens with zero attached hydrogens (tertiary/aromatic N) is 4. The molecule has 0 bridgehead atoms. The van der Waals surface area contributed by atoms with Gasteiger partial charge in [-0.15, -0.1) is 0 Å². The van der Waals surface area contributed by atoms with Crippen molar-refractivity contribution in [2.75, 3.05) is 0 Å². The Morgan fingerprint density at radius 1 is 0.439 bits per heavy atom. The van der Waals surface area contributed by atoms with Crippen molar-refractivity contribution in [3.63, 3.8) is 0 Å². The first-order valence-electron chi connectivity index (χ1n) is 22.7. The van der Waals surface area contributed by atoms with E-state index < -0.39 is 0 Å². The van der Waals surface area contributed by atoms with E-state index in [0.29, 0.717) is 17.5 Å². The van der Waals surface area contributed by atoms with Crippen LogP contribution < -0.4 is 0 Å². The summed E-state index contributed by atoms with van der Waals surface area (Å²) in [6, 6.07) is 63.5. The van der Waals surface area contributed by atoms with Gasteiger partial charge in [0.05, 0.1) is 5.70 Å². The number of allylic oxidation sites excluding steroid dienone is 1. The predicted molar refractivity (Wildman–Crippen MR) is 278 cm³/mol. The van der Waals surface area contributed by atoms with Gasteiger partial charge in [-0.05, 0) is 92.4 Å². The fourth-order valence-electron chi connectivity index (χ4n) is 10.1. The fourth-order valence-corrected chi connectivity index (χ4v) is 10.1. The number of aliphatic imine (C=N–C) groups is 1. The Morgan fingerprint density at radius 2 is 0.894 bits per heavy atom. The van der Waals surface area contributed by atoms with Gasteiger partial charge in [0.2, 0.25) is 0 Å². The molecule has 0 aliphatic heterocycles.